The second kappa shape index (κ2) is 5.69. The Balaban J connectivity index is 1.48. The number of hydrogen-bond acceptors (Lipinski definition) is 2. The third kappa shape index (κ3) is 2.69. The number of carbonyl (C=O) groups excluding carboxylic acids is 1. The average Bonchev–Trinajstić information content (AvgIpc) is 3.23. The van der Waals surface area contributed by atoms with Crippen LogP contribution in [0.5, 0.6) is 0 Å². The van der Waals surface area contributed by atoms with Crippen LogP contribution in [-0.2, 0) is 0 Å². The van der Waals surface area contributed by atoms with Crippen molar-refractivity contribution < 1.29 is 4.79 Å². The van der Waals surface area contributed by atoms with Crippen molar-refractivity contribution in [3.8, 4) is 5.69 Å². The maximum Gasteiger partial charge on any atom is 0.253 e. The molecule has 1 amide bonds. The van der Waals surface area contributed by atoms with Gasteiger partial charge >= 0.3 is 0 Å². The molecule has 2 atom stereocenters. The Hall–Kier alpha value is -2.36. The van der Waals surface area contributed by atoms with Crippen molar-refractivity contribution in [2.75, 3.05) is 13.1 Å². The highest BCUT2D eigenvalue weighted by Gasteiger charge is 2.36. The van der Waals surface area contributed by atoms with Crippen LogP contribution < -0.4 is 0 Å². The summed E-state index contributed by atoms with van der Waals surface area (Å²) in [6.07, 6.45) is 8.26. The Bertz CT molecular complexity index is 730. The number of aromatic nitrogens is 2. The standard InChI is InChI=1S/C19H21N3O/c1-14-3-4-16-12-21(13-17(16)11-14)19(23)15-5-7-18(8-6-15)22-10-2-9-20-22/h2-3,5-10,16-17H,4,11-13H2,1H3/t16-,17+/m1/s1. The van der Waals surface area contributed by atoms with Gasteiger partial charge in [-0.15, -0.1) is 0 Å². The van der Waals surface area contributed by atoms with E-state index in [1.165, 1.54) is 5.57 Å². The predicted octanol–water partition coefficient (Wildman–Crippen LogP) is 3.30. The molecule has 0 spiro atoms. The summed E-state index contributed by atoms with van der Waals surface area (Å²) in [4.78, 5) is 14.8. The van der Waals surface area contributed by atoms with Gasteiger partial charge in [0.05, 0.1) is 5.69 Å². The normalized spacial score (nSPS) is 23.5. The number of benzene rings is 1. The third-order valence-electron chi connectivity index (χ3n) is 5.10. The first-order valence-corrected chi connectivity index (χ1v) is 8.26. The fourth-order valence-corrected chi connectivity index (χ4v) is 3.81. The minimum Gasteiger partial charge on any atom is -0.338 e. The van der Waals surface area contributed by atoms with Crippen LogP contribution in [0.15, 0.2) is 54.4 Å². The van der Waals surface area contributed by atoms with Crippen LogP contribution in [0.2, 0.25) is 0 Å². The van der Waals surface area contributed by atoms with E-state index in [9.17, 15) is 4.79 Å². The molecular weight excluding hydrogens is 286 g/mol. The van der Waals surface area contributed by atoms with Gasteiger partial charge in [0.2, 0.25) is 0 Å². The van der Waals surface area contributed by atoms with E-state index >= 15 is 0 Å². The van der Waals surface area contributed by atoms with Crippen LogP contribution in [0.3, 0.4) is 0 Å². The first-order valence-electron chi connectivity index (χ1n) is 8.26. The van der Waals surface area contributed by atoms with Crippen LogP contribution in [-0.4, -0.2) is 33.7 Å². The summed E-state index contributed by atoms with van der Waals surface area (Å²) in [5.41, 5.74) is 3.22. The summed E-state index contributed by atoms with van der Waals surface area (Å²) in [7, 11) is 0. The lowest BCUT2D eigenvalue weighted by molar-refractivity contribution is 0.0784. The molecule has 2 aliphatic rings. The van der Waals surface area contributed by atoms with Crippen LogP contribution in [0.25, 0.3) is 5.69 Å². The molecule has 4 nitrogen and oxygen atoms in total. The first-order chi connectivity index (χ1) is 11.2. The largest absolute Gasteiger partial charge is 0.338 e. The Labute approximate surface area is 136 Å². The monoisotopic (exact) mass is 307 g/mol. The molecular formula is C19H21N3O. The van der Waals surface area contributed by atoms with Crippen LogP contribution in [0.4, 0.5) is 0 Å². The molecule has 0 unspecified atom stereocenters. The number of rotatable bonds is 2. The molecule has 2 aromatic rings. The predicted molar refractivity (Wildman–Crippen MR) is 89.4 cm³/mol. The number of amides is 1. The molecule has 1 aliphatic carbocycles. The molecule has 0 radical (unpaired) electrons. The van der Waals surface area contributed by atoms with Crippen molar-refractivity contribution in [2.24, 2.45) is 11.8 Å². The van der Waals surface area contributed by atoms with Crippen molar-refractivity contribution in [1.82, 2.24) is 14.7 Å². The van der Waals surface area contributed by atoms with Gasteiger partial charge in [-0.1, -0.05) is 11.6 Å². The zero-order valence-electron chi connectivity index (χ0n) is 13.4. The first kappa shape index (κ1) is 14.2. The third-order valence-corrected chi connectivity index (χ3v) is 5.10. The van der Waals surface area contributed by atoms with Crippen LogP contribution >= 0.6 is 0 Å². The molecule has 118 valence electrons. The van der Waals surface area contributed by atoms with E-state index in [0.29, 0.717) is 11.8 Å². The summed E-state index contributed by atoms with van der Waals surface area (Å²) >= 11 is 0. The van der Waals surface area contributed by atoms with Crippen LogP contribution in [0, 0.1) is 11.8 Å². The number of fused-ring (bicyclic) bond motifs is 1. The highest BCUT2D eigenvalue weighted by Crippen LogP contribution is 2.36. The fraction of sp³-hybridized carbons (Fsp3) is 0.368. The molecule has 1 fully saturated rings. The minimum absolute atomic E-state index is 0.157. The van der Waals surface area contributed by atoms with Crippen molar-refractivity contribution in [3.05, 3.63) is 59.9 Å². The van der Waals surface area contributed by atoms with E-state index in [2.05, 4.69) is 18.1 Å². The maximum absolute atomic E-state index is 12.8. The average molecular weight is 307 g/mol. The van der Waals surface area contributed by atoms with Crippen molar-refractivity contribution in [1.29, 1.82) is 0 Å². The van der Waals surface area contributed by atoms with E-state index < -0.39 is 0 Å². The lowest BCUT2D eigenvalue weighted by Gasteiger charge is -2.21. The van der Waals surface area contributed by atoms with Gasteiger partial charge in [-0.2, -0.15) is 5.10 Å². The summed E-state index contributed by atoms with van der Waals surface area (Å²) in [5, 5.41) is 4.21. The number of allylic oxidation sites excluding steroid dienone is 2. The molecule has 1 aromatic heterocycles. The molecule has 2 heterocycles. The van der Waals surface area contributed by atoms with E-state index in [1.54, 1.807) is 10.9 Å². The number of nitrogens with zero attached hydrogens (tertiary/aromatic N) is 3. The van der Waals surface area contributed by atoms with E-state index in [4.69, 9.17) is 0 Å². The lowest BCUT2D eigenvalue weighted by atomic mass is 9.83. The van der Waals surface area contributed by atoms with Gasteiger partial charge in [-0.05, 0) is 61.9 Å². The fourth-order valence-electron chi connectivity index (χ4n) is 3.81. The molecule has 1 aliphatic heterocycles. The number of carbonyl (C=O) groups is 1. The van der Waals surface area contributed by atoms with Crippen molar-refractivity contribution in [3.63, 3.8) is 0 Å². The SMILES string of the molecule is CC1=CC[C@@H]2CN(C(=O)c3ccc(-n4cccn4)cc3)C[C@@H]2C1. The Morgan fingerprint density at radius 1 is 1.17 bits per heavy atom. The number of hydrogen-bond donors (Lipinski definition) is 0. The molecule has 0 saturated carbocycles. The van der Waals surface area contributed by atoms with E-state index in [-0.39, 0.29) is 5.91 Å². The van der Waals surface area contributed by atoms with Gasteiger partial charge in [-0.3, -0.25) is 4.79 Å². The Kier molecular flexibility index (Phi) is 3.52. The van der Waals surface area contributed by atoms with E-state index in [0.717, 1.165) is 37.2 Å². The topological polar surface area (TPSA) is 38.1 Å². The highest BCUT2D eigenvalue weighted by atomic mass is 16.2. The molecule has 0 bridgehead atoms. The van der Waals surface area contributed by atoms with Gasteiger partial charge in [0.15, 0.2) is 0 Å². The summed E-state index contributed by atoms with van der Waals surface area (Å²) in [5.74, 6) is 1.45. The van der Waals surface area contributed by atoms with E-state index in [1.807, 2.05) is 41.4 Å². The maximum atomic E-state index is 12.8. The molecule has 0 N–H and O–H groups in total. The van der Waals surface area contributed by atoms with Crippen molar-refractivity contribution in [2.45, 2.75) is 19.8 Å². The zero-order valence-corrected chi connectivity index (χ0v) is 13.4. The Morgan fingerprint density at radius 3 is 2.70 bits per heavy atom. The molecule has 4 heteroatoms. The van der Waals surface area contributed by atoms with Gasteiger partial charge < -0.3 is 4.90 Å². The molecule has 1 aromatic carbocycles. The smallest absolute Gasteiger partial charge is 0.253 e. The van der Waals surface area contributed by atoms with Gasteiger partial charge in [0, 0.05) is 31.0 Å². The van der Waals surface area contributed by atoms with Crippen molar-refractivity contribution >= 4 is 5.91 Å². The quantitative estimate of drug-likeness (QED) is 0.798. The Morgan fingerprint density at radius 2 is 1.96 bits per heavy atom. The summed E-state index contributed by atoms with van der Waals surface area (Å²) < 4.78 is 1.80. The summed E-state index contributed by atoms with van der Waals surface area (Å²) in [6.45, 7) is 4.00. The zero-order chi connectivity index (χ0) is 15.8. The minimum atomic E-state index is 0.157. The molecule has 4 rings (SSSR count). The van der Waals surface area contributed by atoms with Gasteiger partial charge in [0.25, 0.3) is 5.91 Å². The summed E-state index contributed by atoms with van der Waals surface area (Å²) in [6, 6.07) is 9.61. The van der Waals surface area contributed by atoms with Gasteiger partial charge in [0.1, 0.15) is 0 Å². The lowest BCUT2D eigenvalue weighted by Crippen LogP contribution is -2.29. The highest BCUT2D eigenvalue weighted by molar-refractivity contribution is 5.94. The van der Waals surface area contributed by atoms with Crippen LogP contribution in [0.1, 0.15) is 30.1 Å². The second-order valence-electron chi connectivity index (χ2n) is 6.72. The second-order valence-corrected chi connectivity index (χ2v) is 6.72. The molecule has 23 heavy (non-hydrogen) atoms. The molecule has 1 saturated heterocycles. The number of likely N-dealkylation sites (tertiary alicyclic amines) is 1. The van der Waals surface area contributed by atoms with Gasteiger partial charge in [-0.25, -0.2) is 4.68 Å².